The molecule has 1 aliphatic carbocycles. The van der Waals surface area contributed by atoms with E-state index in [0.29, 0.717) is 17.6 Å². The fourth-order valence-electron chi connectivity index (χ4n) is 6.09. The van der Waals surface area contributed by atoms with E-state index in [1.807, 2.05) is 25.5 Å². The van der Waals surface area contributed by atoms with Gasteiger partial charge in [0.25, 0.3) is 10.0 Å². The van der Waals surface area contributed by atoms with Crippen molar-refractivity contribution in [1.82, 2.24) is 23.6 Å². The Morgan fingerprint density at radius 3 is 2.37 bits per heavy atom. The molecular weight excluding hydrogens is 498 g/mol. The summed E-state index contributed by atoms with van der Waals surface area (Å²) in [5.41, 5.74) is 3.35. The van der Waals surface area contributed by atoms with Crippen molar-refractivity contribution < 1.29 is 13.2 Å². The molecule has 0 unspecified atom stereocenters. The van der Waals surface area contributed by atoms with Crippen LogP contribution in [0.1, 0.15) is 50.0 Å². The highest BCUT2D eigenvalue weighted by Crippen LogP contribution is 2.38. The minimum absolute atomic E-state index is 0.245. The SMILES string of the molecule is Cn1cc(-c2cn(S(=O)(=O)c3ccccc3)c3ncc(C4CCC(N5CCCOCCC5)CC4)cc23)cn1. The number of aromatic nitrogens is 4. The molecule has 0 amide bonds. The summed E-state index contributed by atoms with van der Waals surface area (Å²) in [5.74, 6) is 0.428. The standard InChI is InChI=1S/C29H35N5O3S/c1-32-20-24(19-31-32)28-21-34(38(35,36)26-7-3-2-4-8-26)29-27(28)17-23(18-30-29)22-9-11-25(12-10-22)33-13-5-15-37-16-6-14-33/h2-4,7-8,17-22,25H,5-6,9-16H2,1H3. The van der Waals surface area contributed by atoms with Crippen LogP contribution in [0.4, 0.5) is 0 Å². The van der Waals surface area contributed by atoms with Gasteiger partial charge in [-0.15, -0.1) is 0 Å². The summed E-state index contributed by atoms with van der Waals surface area (Å²) in [7, 11) is -1.93. The Balaban J connectivity index is 1.32. The number of fused-ring (bicyclic) bond motifs is 1. The minimum Gasteiger partial charge on any atom is -0.381 e. The molecule has 1 saturated carbocycles. The van der Waals surface area contributed by atoms with Gasteiger partial charge in [0.15, 0.2) is 5.65 Å². The predicted octanol–water partition coefficient (Wildman–Crippen LogP) is 4.81. The average molecular weight is 534 g/mol. The maximum Gasteiger partial charge on any atom is 0.269 e. The van der Waals surface area contributed by atoms with Gasteiger partial charge in [-0.05, 0) is 68.2 Å². The Kier molecular flexibility index (Phi) is 7.07. The Hall–Kier alpha value is -3.01. The Morgan fingerprint density at radius 2 is 1.68 bits per heavy atom. The van der Waals surface area contributed by atoms with Crippen LogP contribution < -0.4 is 0 Å². The van der Waals surface area contributed by atoms with Crippen LogP contribution in [-0.2, 0) is 21.8 Å². The summed E-state index contributed by atoms with van der Waals surface area (Å²) in [6.45, 7) is 3.99. The van der Waals surface area contributed by atoms with Crippen molar-refractivity contribution in [2.24, 2.45) is 7.05 Å². The molecule has 0 spiro atoms. The Labute approximate surface area is 224 Å². The number of aryl methyl sites for hydroxylation is 1. The zero-order valence-corrected chi connectivity index (χ0v) is 22.7. The van der Waals surface area contributed by atoms with Crippen molar-refractivity contribution in [3.8, 4) is 11.1 Å². The van der Waals surface area contributed by atoms with Gasteiger partial charge in [-0.2, -0.15) is 5.10 Å². The highest BCUT2D eigenvalue weighted by Gasteiger charge is 2.29. The zero-order valence-electron chi connectivity index (χ0n) is 21.9. The lowest BCUT2D eigenvalue weighted by Gasteiger charge is -2.38. The molecule has 0 bridgehead atoms. The zero-order chi connectivity index (χ0) is 26.1. The third kappa shape index (κ3) is 4.90. The average Bonchev–Trinajstić information content (AvgIpc) is 3.53. The molecule has 1 aliphatic heterocycles. The van der Waals surface area contributed by atoms with E-state index in [0.717, 1.165) is 68.5 Å². The van der Waals surface area contributed by atoms with Crippen LogP contribution >= 0.6 is 0 Å². The summed E-state index contributed by atoms with van der Waals surface area (Å²) in [6.07, 6.45) is 14.1. The molecule has 4 heterocycles. The van der Waals surface area contributed by atoms with Crippen LogP contribution in [0.25, 0.3) is 22.2 Å². The lowest BCUT2D eigenvalue weighted by atomic mass is 9.81. The van der Waals surface area contributed by atoms with Gasteiger partial charge in [-0.25, -0.2) is 17.4 Å². The van der Waals surface area contributed by atoms with Crippen LogP contribution in [0.2, 0.25) is 0 Å². The van der Waals surface area contributed by atoms with Crippen molar-refractivity contribution in [3.05, 3.63) is 66.7 Å². The summed E-state index contributed by atoms with van der Waals surface area (Å²) in [4.78, 5) is 7.69. The number of benzene rings is 1. The minimum atomic E-state index is -3.80. The van der Waals surface area contributed by atoms with E-state index in [4.69, 9.17) is 9.72 Å². The second-order valence-electron chi connectivity index (χ2n) is 10.6. The topological polar surface area (TPSA) is 82.2 Å². The summed E-state index contributed by atoms with van der Waals surface area (Å²) in [5, 5.41) is 5.18. The van der Waals surface area contributed by atoms with Gasteiger partial charge in [-0.3, -0.25) is 4.68 Å². The van der Waals surface area contributed by atoms with Crippen molar-refractivity contribution in [2.75, 3.05) is 26.3 Å². The maximum atomic E-state index is 13.6. The summed E-state index contributed by atoms with van der Waals surface area (Å²) in [6, 6.07) is 11.3. The summed E-state index contributed by atoms with van der Waals surface area (Å²) >= 11 is 0. The van der Waals surface area contributed by atoms with Crippen molar-refractivity contribution >= 4 is 21.1 Å². The van der Waals surface area contributed by atoms with Gasteiger partial charge in [0, 0.05) is 74.5 Å². The maximum absolute atomic E-state index is 13.6. The Bertz CT molecular complexity index is 1500. The molecule has 200 valence electrons. The van der Waals surface area contributed by atoms with Crippen LogP contribution in [-0.4, -0.2) is 64.4 Å². The quantitative estimate of drug-likeness (QED) is 0.366. The van der Waals surface area contributed by atoms with Crippen molar-refractivity contribution in [1.29, 1.82) is 0 Å². The van der Waals surface area contributed by atoms with E-state index < -0.39 is 10.0 Å². The highest BCUT2D eigenvalue weighted by molar-refractivity contribution is 7.90. The van der Waals surface area contributed by atoms with E-state index in [2.05, 4.69) is 16.1 Å². The van der Waals surface area contributed by atoms with Gasteiger partial charge in [0.05, 0.1) is 11.1 Å². The molecule has 2 fully saturated rings. The highest BCUT2D eigenvalue weighted by atomic mass is 32.2. The number of ether oxygens (including phenoxy) is 1. The normalized spacial score (nSPS) is 21.8. The molecule has 9 heteroatoms. The lowest BCUT2D eigenvalue weighted by molar-refractivity contribution is 0.0630. The van der Waals surface area contributed by atoms with E-state index in [9.17, 15) is 8.42 Å². The van der Waals surface area contributed by atoms with E-state index in [1.165, 1.54) is 22.4 Å². The molecule has 6 rings (SSSR count). The number of hydrogen-bond donors (Lipinski definition) is 0. The van der Waals surface area contributed by atoms with E-state index in [-0.39, 0.29) is 4.90 Å². The second kappa shape index (κ2) is 10.6. The molecule has 0 N–H and O–H groups in total. The smallest absolute Gasteiger partial charge is 0.269 e. The molecule has 38 heavy (non-hydrogen) atoms. The second-order valence-corrected chi connectivity index (χ2v) is 12.4. The number of pyridine rings is 1. The Morgan fingerprint density at radius 1 is 0.947 bits per heavy atom. The molecule has 1 saturated heterocycles. The van der Waals surface area contributed by atoms with Crippen LogP contribution in [0, 0.1) is 0 Å². The first kappa shape index (κ1) is 25.3. The molecule has 4 aromatic rings. The molecule has 0 radical (unpaired) electrons. The third-order valence-electron chi connectivity index (χ3n) is 8.10. The molecule has 2 aliphatic rings. The molecule has 3 aromatic heterocycles. The first-order valence-corrected chi connectivity index (χ1v) is 15.1. The molecular formula is C29H35N5O3S. The molecule has 0 atom stereocenters. The summed E-state index contributed by atoms with van der Waals surface area (Å²) < 4.78 is 35.9. The van der Waals surface area contributed by atoms with Gasteiger partial charge >= 0.3 is 0 Å². The van der Waals surface area contributed by atoms with Crippen molar-refractivity contribution in [2.45, 2.75) is 55.4 Å². The lowest BCUT2D eigenvalue weighted by Crippen LogP contribution is -2.40. The van der Waals surface area contributed by atoms with Gasteiger partial charge in [0.1, 0.15) is 0 Å². The van der Waals surface area contributed by atoms with E-state index in [1.54, 1.807) is 41.3 Å². The number of nitrogens with zero attached hydrogens (tertiary/aromatic N) is 5. The largest absolute Gasteiger partial charge is 0.381 e. The first-order valence-electron chi connectivity index (χ1n) is 13.6. The van der Waals surface area contributed by atoms with Crippen LogP contribution in [0.3, 0.4) is 0 Å². The molecule has 8 nitrogen and oxygen atoms in total. The van der Waals surface area contributed by atoms with Gasteiger partial charge in [-0.1, -0.05) is 18.2 Å². The number of rotatable bonds is 5. The monoisotopic (exact) mass is 533 g/mol. The number of hydrogen-bond acceptors (Lipinski definition) is 6. The van der Waals surface area contributed by atoms with Crippen LogP contribution in [0.5, 0.6) is 0 Å². The van der Waals surface area contributed by atoms with E-state index >= 15 is 0 Å². The predicted molar refractivity (Wildman–Crippen MR) is 148 cm³/mol. The molecule has 1 aromatic carbocycles. The first-order chi connectivity index (χ1) is 18.5. The van der Waals surface area contributed by atoms with Crippen molar-refractivity contribution in [3.63, 3.8) is 0 Å². The van der Waals surface area contributed by atoms with Gasteiger partial charge in [0.2, 0.25) is 0 Å². The third-order valence-corrected chi connectivity index (χ3v) is 9.77. The van der Waals surface area contributed by atoms with Crippen LogP contribution in [0.15, 0.2) is 66.1 Å². The van der Waals surface area contributed by atoms with Gasteiger partial charge < -0.3 is 9.64 Å². The fraction of sp³-hybridized carbons (Fsp3) is 0.448. The fourth-order valence-corrected chi connectivity index (χ4v) is 7.44.